The molecule has 0 aliphatic rings. The van der Waals surface area contributed by atoms with Gasteiger partial charge < -0.3 is 9.47 Å². The zero-order valence-corrected chi connectivity index (χ0v) is 15.8. The van der Waals surface area contributed by atoms with E-state index in [0.717, 1.165) is 22.6 Å². The number of nitrogens with zero attached hydrogens (tertiary/aromatic N) is 4. The number of rotatable bonds is 5. The van der Waals surface area contributed by atoms with Gasteiger partial charge in [0.1, 0.15) is 23.6 Å². The van der Waals surface area contributed by atoms with Crippen molar-refractivity contribution >= 4 is 5.97 Å². The fourth-order valence-corrected chi connectivity index (χ4v) is 2.66. The molecule has 3 rings (SSSR count). The highest BCUT2D eigenvalue weighted by molar-refractivity contribution is 5.79. The van der Waals surface area contributed by atoms with Crippen LogP contribution in [0.1, 0.15) is 20.8 Å². The maximum absolute atomic E-state index is 12.3. The fraction of sp³-hybridized carbons (Fsp3) is 0.300. The van der Waals surface area contributed by atoms with E-state index in [1.165, 1.54) is 0 Å². The van der Waals surface area contributed by atoms with Crippen molar-refractivity contribution in [3.05, 3.63) is 48.8 Å². The van der Waals surface area contributed by atoms with Crippen molar-refractivity contribution in [2.45, 2.75) is 32.9 Å². The van der Waals surface area contributed by atoms with E-state index in [9.17, 15) is 4.79 Å². The van der Waals surface area contributed by atoms with Crippen LogP contribution in [0.2, 0.25) is 0 Å². The molecule has 0 saturated heterocycles. The molecular formula is C20H22N4O3. The maximum atomic E-state index is 12.3. The second-order valence-electron chi connectivity index (χ2n) is 7.00. The highest BCUT2D eigenvalue weighted by Crippen LogP contribution is 2.31. The number of carbonyl (C=O) groups excluding carboxylic acids is 1. The third kappa shape index (κ3) is 4.49. The minimum atomic E-state index is -0.564. The first kappa shape index (κ1) is 18.6. The van der Waals surface area contributed by atoms with Crippen LogP contribution in [0.5, 0.6) is 5.75 Å². The molecule has 2 aromatic heterocycles. The van der Waals surface area contributed by atoms with Gasteiger partial charge in [-0.05, 0) is 57.2 Å². The van der Waals surface area contributed by atoms with Crippen molar-refractivity contribution in [3.63, 3.8) is 0 Å². The van der Waals surface area contributed by atoms with Crippen LogP contribution in [0.15, 0.2) is 48.8 Å². The molecule has 1 aromatic carbocycles. The van der Waals surface area contributed by atoms with Crippen LogP contribution in [0.4, 0.5) is 0 Å². The summed E-state index contributed by atoms with van der Waals surface area (Å²) in [5.41, 5.74) is 2.58. The zero-order valence-electron chi connectivity index (χ0n) is 15.8. The monoisotopic (exact) mass is 366 g/mol. The summed E-state index contributed by atoms with van der Waals surface area (Å²) >= 11 is 0. The van der Waals surface area contributed by atoms with Crippen LogP contribution < -0.4 is 4.74 Å². The molecule has 0 saturated carbocycles. The predicted octanol–water partition coefficient (Wildman–Crippen LogP) is 3.36. The van der Waals surface area contributed by atoms with Gasteiger partial charge in [-0.25, -0.2) is 4.68 Å². The van der Waals surface area contributed by atoms with Crippen LogP contribution in [0.3, 0.4) is 0 Å². The average molecular weight is 366 g/mol. The Labute approximate surface area is 158 Å². The van der Waals surface area contributed by atoms with Crippen molar-refractivity contribution in [1.82, 2.24) is 20.0 Å². The van der Waals surface area contributed by atoms with Crippen molar-refractivity contribution in [3.8, 4) is 28.3 Å². The van der Waals surface area contributed by atoms with Gasteiger partial charge >= 0.3 is 5.97 Å². The molecule has 3 aromatic rings. The third-order valence-corrected chi connectivity index (χ3v) is 3.75. The summed E-state index contributed by atoms with van der Waals surface area (Å²) in [5, 5.41) is 8.50. The molecule has 0 radical (unpaired) electrons. The maximum Gasteiger partial charge on any atom is 0.328 e. The second-order valence-corrected chi connectivity index (χ2v) is 7.00. The van der Waals surface area contributed by atoms with E-state index < -0.39 is 5.60 Å². The molecule has 0 aliphatic carbocycles. The molecule has 0 unspecified atom stereocenters. The van der Waals surface area contributed by atoms with Gasteiger partial charge in [-0.1, -0.05) is 5.21 Å². The smallest absolute Gasteiger partial charge is 0.328 e. The van der Waals surface area contributed by atoms with E-state index in [1.807, 2.05) is 57.2 Å². The highest BCUT2D eigenvalue weighted by atomic mass is 16.6. The lowest BCUT2D eigenvalue weighted by atomic mass is 10.1. The molecule has 0 aliphatic heterocycles. The number of benzene rings is 1. The van der Waals surface area contributed by atoms with Crippen LogP contribution in [0, 0.1) is 0 Å². The molecule has 0 spiro atoms. The molecule has 27 heavy (non-hydrogen) atoms. The summed E-state index contributed by atoms with van der Waals surface area (Å²) in [6.45, 7) is 5.47. The number of hydrogen-bond acceptors (Lipinski definition) is 6. The number of esters is 1. The molecule has 0 bridgehead atoms. The molecule has 140 valence electrons. The first-order valence-electron chi connectivity index (χ1n) is 8.57. The average Bonchev–Trinajstić information content (AvgIpc) is 3.04. The summed E-state index contributed by atoms with van der Waals surface area (Å²) in [5.74, 6) is 0.374. The minimum Gasteiger partial charge on any atom is -0.497 e. The van der Waals surface area contributed by atoms with Gasteiger partial charge in [0.25, 0.3) is 0 Å². The molecule has 7 nitrogen and oxygen atoms in total. The molecule has 0 fully saturated rings. The Balaban J connectivity index is 2.03. The van der Waals surface area contributed by atoms with Crippen LogP contribution >= 0.6 is 0 Å². The lowest BCUT2D eigenvalue weighted by Crippen LogP contribution is -2.27. The van der Waals surface area contributed by atoms with Gasteiger partial charge in [-0.2, -0.15) is 0 Å². The number of methoxy groups -OCH3 is 1. The Morgan fingerprint density at radius 1 is 1.04 bits per heavy atom. The Hall–Kier alpha value is -3.22. The number of pyridine rings is 1. The van der Waals surface area contributed by atoms with Crippen LogP contribution in [-0.4, -0.2) is 38.7 Å². The van der Waals surface area contributed by atoms with Crippen LogP contribution in [0.25, 0.3) is 22.5 Å². The zero-order chi connectivity index (χ0) is 19.4. The largest absolute Gasteiger partial charge is 0.497 e. The van der Waals surface area contributed by atoms with E-state index in [1.54, 1.807) is 24.2 Å². The Kier molecular flexibility index (Phi) is 5.21. The Morgan fingerprint density at radius 2 is 1.70 bits per heavy atom. The Morgan fingerprint density at radius 3 is 2.30 bits per heavy atom. The SMILES string of the molecule is COc1ccc(-c2c(-c3ccncc3)nnn2CC(=O)OC(C)(C)C)cc1. The first-order valence-corrected chi connectivity index (χ1v) is 8.57. The highest BCUT2D eigenvalue weighted by Gasteiger charge is 2.22. The van der Waals surface area contributed by atoms with Gasteiger partial charge in [-0.3, -0.25) is 9.78 Å². The first-order chi connectivity index (χ1) is 12.9. The summed E-state index contributed by atoms with van der Waals surface area (Å²) in [4.78, 5) is 16.4. The quantitative estimate of drug-likeness (QED) is 0.644. The van der Waals surface area contributed by atoms with Crippen molar-refractivity contribution in [2.24, 2.45) is 0 Å². The van der Waals surface area contributed by atoms with Crippen molar-refractivity contribution in [1.29, 1.82) is 0 Å². The lowest BCUT2D eigenvalue weighted by molar-refractivity contribution is -0.155. The summed E-state index contributed by atoms with van der Waals surface area (Å²) in [6.07, 6.45) is 3.39. The van der Waals surface area contributed by atoms with E-state index in [0.29, 0.717) is 5.69 Å². The number of ether oxygens (including phenoxy) is 2. The molecule has 0 atom stereocenters. The van der Waals surface area contributed by atoms with Gasteiger partial charge in [0, 0.05) is 23.5 Å². The molecule has 0 N–H and O–H groups in total. The van der Waals surface area contributed by atoms with Crippen molar-refractivity contribution in [2.75, 3.05) is 7.11 Å². The van der Waals surface area contributed by atoms with Gasteiger partial charge in [-0.15, -0.1) is 5.10 Å². The lowest BCUT2D eigenvalue weighted by Gasteiger charge is -2.19. The number of hydrogen-bond donors (Lipinski definition) is 0. The van der Waals surface area contributed by atoms with E-state index in [-0.39, 0.29) is 12.5 Å². The van der Waals surface area contributed by atoms with Gasteiger partial charge in [0.15, 0.2) is 0 Å². The predicted molar refractivity (Wildman–Crippen MR) is 101 cm³/mol. The fourth-order valence-electron chi connectivity index (χ4n) is 2.66. The molecule has 0 amide bonds. The normalized spacial score (nSPS) is 11.3. The number of aromatic nitrogens is 4. The third-order valence-electron chi connectivity index (χ3n) is 3.75. The molecular weight excluding hydrogens is 344 g/mol. The van der Waals surface area contributed by atoms with E-state index in [4.69, 9.17) is 9.47 Å². The van der Waals surface area contributed by atoms with Crippen molar-refractivity contribution < 1.29 is 14.3 Å². The van der Waals surface area contributed by atoms with Gasteiger partial charge in [0.2, 0.25) is 0 Å². The molecule has 2 heterocycles. The second kappa shape index (κ2) is 7.57. The number of carbonyl (C=O) groups is 1. The summed E-state index contributed by atoms with van der Waals surface area (Å²) in [6, 6.07) is 11.2. The topological polar surface area (TPSA) is 79.1 Å². The minimum absolute atomic E-state index is 0.0310. The Bertz CT molecular complexity index is 913. The van der Waals surface area contributed by atoms with E-state index >= 15 is 0 Å². The van der Waals surface area contributed by atoms with E-state index in [2.05, 4.69) is 15.3 Å². The molecule has 7 heteroatoms. The van der Waals surface area contributed by atoms with Gasteiger partial charge in [0.05, 0.1) is 12.8 Å². The summed E-state index contributed by atoms with van der Waals surface area (Å²) in [7, 11) is 1.62. The van der Waals surface area contributed by atoms with Crippen LogP contribution in [-0.2, 0) is 16.1 Å². The summed E-state index contributed by atoms with van der Waals surface area (Å²) < 4.78 is 12.2. The standard InChI is InChI=1S/C20H22N4O3/c1-20(2,3)27-17(25)13-24-19(15-5-7-16(26-4)8-6-15)18(22-23-24)14-9-11-21-12-10-14/h5-12H,13H2,1-4H3.